The summed E-state index contributed by atoms with van der Waals surface area (Å²) in [7, 11) is 3.09. The molecule has 0 saturated carbocycles. The highest BCUT2D eigenvalue weighted by atomic mass is 32.1. The number of aryl methyl sites for hydroxylation is 1. The van der Waals surface area contributed by atoms with Crippen molar-refractivity contribution in [3.63, 3.8) is 0 Å². The summed E-state index contributed by atoms with van der Waals surface area (Å²) in [6, 6.07) is 5.35. The number of rotatable bonds is 6. The number of hydrogen-bond donors (Lipinski definition) is 0. The van der Waals surface area contributed by atoms with E-state index in [1.807, 2.05) is 6.07 Å². The van der Waals surface area contributed by atoms with Gasteiger partial charge in [-0.15, -0.1) is 11.3 Å². The van der Waals surface area contributed by atoms with Gasteiger partial charge in [-0.2, -0.15) is 0 Å². The second-order valence-corrected chi connectivity index (χ2v) is 7.12. The maximum atomic E-state index is 12.4. The average Bonchev–Trinajstić information content (AvgIpc) is 3.30. The molecule has 9 heteroatoms. The number of amides is 2. The van der Waals surface area contributed by atoms with Crippen LogP contribution in [0, 0.1) is 6.92 Å². The van der Waals surface area contributed by atoms with Crippen LogP contribution in [0.15, 0.2) is 18.2 Å². The molecule has 1 aromatic carbocycles. The van der Waals surface area contributed by atoms with Crippen molar-refractivity contribution < 1.29 is 28.6 Å². The molecule has 0 radical (unpaired) electrons. The van der Waals surface area contributed by atoms with E-state index in [0.717, 1.165) is 21.8 Å². The minimum atomic E-state index is -0.637. The Labute approximate surface area is 166 Å². The molecular weight excluding hydrogens is 384 g/mol. The number of imide groups is 1. The zero-order chi connectivity index (χ0) is 20.3. The number of likely N-dealkylation sites (tertiary alicyclic amines) is 1. The van der Waals surface area contributed by atoms with E-state index in [9.17, 15) is 14.4 Å². The van der Waals surface area contributed by atoms with E-state index in [2.05, 4.69) is 4.98 Å². The largest absolute Gasteiger partial charge is 0.493 e. The van der Waals surface area contributed by atoms with Crippen molar-refractivity contribution in [2.24, 2.45) is 0 Å². The molecule has 2 amide bonds. The molecule has 0 unspecified atom stereocenters. The van der Waals surface area contributed by atoms with E-state index in [4.69, 9.17) is 14.2 Å². The van der Waals surface area contributed by atoms with Crippen LogP contribution in [0.3, 0.4) is 0 Å². The molecule has 8 nitrogen and oxygen atoms in total. The van der Waals surface area contributed by atoms with Gasteiger partial charge < -0.3 is 14.2 Å². The summed E-state index contributed by atoms with van der Waals surface area (Å²) in [4.78, 5) is 41.8. The lowest BCUT2D eigenvalue weighted by Crippen LogP contribution is -2.35. The molecule has 0 bridgehead atoms. The van der Waals surface area contributed by atoms with E-state index in [-0.39, 0.29) is 5.91 Å². The number of ether oxygens (including phenoxy) is 3. The zero-order valence-electron chi connectivity index (χ0n) is 15.8. The Hall–Kier alpha value is -2.94. The molecule has 0 atom stereocenters. The van der Waals surface area contributed by atoms with Crippen LogP contribution >= 0.6 is 11.3 Å². The van der Waals surface area contributed by atoms with Crippen LogP contribution in [0.2, 0.25) is 0 Å². The lowest BCUT2D eigenvalue weighted by Gasteiger charge is -2.13. The van der Waals surface area contributed by atoms with Gasteiger partial charge in [0.15, 0.2) is 18.1 Å². The minimum absolute atomic E-state index is 0.231. The summed E-state index contributed by atoms with van der Waals surface area (Å²) < 4.78 is 15.6. The van der Waals surface area contributed by atoms with Crippen LogP contribution < -0.4 is 9.47 Å². The van der Waals surface area contributed by atoms with E-state index in [1.165, 1.54) is 0 Å². The zero-order valence-corrected chi connectivity index (χ0v) is 16.6. The fraction of sp³-hybridized carbons (Fsp3) is 0.368. The molecule has 2 aromatic rings. The first kappa shape index (κ1) is 19.8. The summed E-state index contributed by atoms with van der Waals surface area (Å²) in [5, 5.41) is 0.617. The fourth-order valence-electron chi connectivity index (χ4n) is 2.86. The van der Waals surface area contributed by atoms with Gasteiger partial charge in [-0.3, -0.25) is 14.5 Å². The van der Waals surface area contributed by atoms with Gasteiger partial charge in [0.2, 0.25) is 5.91 Å². The minimum Gasteiger partial charge on any atom is -0.493 e. The number of methoxy groups -OCH3 is 2. The average molecular weight is 404 g/mol. The normalized spacial score (nSPS) is 13.5. The van der Waals surface area contributed by atoms with E-state index >= 15 is 0 Å². The van der Waals surface area contributed by atoms with Gasteiger partial charge in [-0.1, -0.05) is 0 Å². The van der Waals surface area contributed by atoms with Gasteiger partial charge in [0, 0.05) is 18.5 Å². The smallest absolute Gasteiger partial charge is 0.350 e. The Morgan fingerprint density at radius 1 is 1.21 bits per heavy atom. The molecule has 1 fully saturated rings. The second kappa shape index (κ2) is 8.39. The van der Waals surface area contributed by atoms with Crippen molar-refractivity contribution in [1.82, 2.24) is 9.88 Å². The lowest BCUT2D eigenvalue weighted by atomic mass is 10.2. The number of aromatic nitrogens is 1. The topological polar surface area (TPSA) is 95.0 Å². The van der Waals surface area contributed by atoms with Gasteiger partial charge in [0.25, 0.3) is 5.91 Å². The summed E-state index contributed by atoms with van der Waals surface area (Å²) in [6.45, 7) is 1.61. The molecule has 1 aliphatic rings. The number of thiazole rings is 1. The summed E-state index contributed by atoms with van der Waals surface area (Å²) >= 11 is 1.16. The predicted octanol–water partition coefficient (Wildman–Crippen LogP) is 2.44. The van der Waals surface area contributed by atoms with Crippen molar-refractivity contribution >= 4 is 29.1 Å². The van der Waals surface area contributed by atoms with Crippen LogP contribution in [0.1, 0.15) is 28.2 Å². The van der Waals surface area contributed by atoms with Gasteiger partial charge in [-0.05, 0) is 31.5 Å². The van der Waals surface area contributed by atoms with E-state index in [1.54, 1.807) is 33.3 Å². The van der Waals surface area contributed by atoms with Gasteiger partial charge in [0.05, 0.1) is 19.9 Å². The number of nitrogens with zero attached hydrogens (tertiary/aromatic N) is 2. The van der Waals surface area contributed by atoms with Crippen LogP contribution in [0.25, 0.3) is 10.6 Å². The molecule has 1 aromatic heterocycles. The monoisotopic (exact) mass is 404 g/mol. The highest BCUT2D eigenvalue weighted by Crippen LogP contribution is 2.35. The molecule has 1 aliphatic heterocycles. The van der Waals surface area contributed by atoms with Crippen LogP contribution in [-0.4, -0.2) is 55.0 Å². The van der Waals surface area contributed by atoms with Gasteiger partial charge >= 0.3 is 5.97 Å². The standard InChI is InChI=1S/C19H20N2O6S/c1-11-17(19(24)27-10-16(23)21-8-4-5-15(21)22)28-18(20-11)12-6-7-13(25-2)14(9-12)26-3/h6-7,9H,4-5,8,10H2,1-3H3. The quantitative estimate of drug-likeness (QED) is 0.683. The fourth-order valence-corrected chi connectivity index (χ4v) is 3.82. The van der Waals surface area contributed by atoms with Crippen molar-refractivity contribution in [3.05, 3.63) is 28.8 Å². The Morgan fingerprint density at radius 2 is 1.96 bits per heavy atom. The molecule has 148 valence electrons. The lowest BCUT2D eigenvalue weighted by molar-refractivity contribution is -0.143. The number of esters is 1. The van der Waals surface area contributed by atoms with Crippen molar-refractivity contribution in [2.75, 3.05) is 27.4 Å². The molecule has 0 spiro atoms. The highest BCUT2D eigenvalue weighted by Gasteiger charge is 2.27. The Balaban J connectivity index is 1.72. The molecule has 28 heavy (non-hydrogen) atoms. The second-order valence-electron chi connectivity index (χ2n) is 6.12. The summed E-state index contributed by atoms with van der Waals surface area (Å²) in [6.07, 6.45) is 0.990. The van der Waals surface area contributed by atoms with Crippen molar-refractivity contribution in [1.29, 1.82) is 0 Å². The first-order valence-electron chi connectivity index (χ1n) is 8.64. The van der Waals surface area contributed by atoms with Gasteiger partial charge in [0.1, 0.15) is 9.88 Å². The number of hydrogen-bond acceptors (Lipinski definition) is 8. The third kappa shape index (κ3) is 3.99. The molecule has 1 saturated heterocycles. The SMILES string of the molecule is COc1ccc(-c2nc(C)c(C(=O)OCC(=O)N3CCCC3=O)s2)cc1OC. The first-order chi connectivity index (χ1) is 13.4. The summed E-state index contributed by atoms with van der Waals surface area (Å²) in [5.74, 6) is -0.224. The maximum Gasteiger partial charge on any atom is 0.350 e. The number of carbonyl (C=O) groups is 3. The third-order valence-electron chi connectivity index (χ3n) is 4.31. The Kier molecular flexibility index (Phi) is 5.93. The van der Waals surface area contributed by atoms with Gasteiger partial charge in [-0.25, -0.2) is 9.78 Å². The molecule has 0 N–H and O–H groups in total. The van der Waals surface area contributed by atoms with Crippen LogP contribution in [-0.2, 0) is 14.3 Å². The molecular formula is C19H20N2O6S. The Morgan fingerprint density at radius 3 is 2.61 bits per heavy atom. The first-order valence-corrected chi connectivity index (χ1v) is 9.46. The van der Waals surface area contributed by atoms with Crippen molar-refractivity contribution in [2.45, 2.75) is 19.8 Å². The summed E-state index contributed by atoms with van der Waals surface area (Å²) in [5.41, 5.74) is 1.27. The highest BCUT2D eigenvalue weighted by molar-refractivity contribution is 7.17. The van der Waals surface area contributed by atoms with E-state index < -0.39 is 18.5 Å². The number of carbonyl (C=O) groups excluding carboxylic acids is 3. The predicted molar refractivity (Wildman–Crippen MR) is 102 cm³/mol. The molecule has 3 rings (SSSR count). The van der Waals surface area contributed by atoms with Crippen molar-refractivity contribution in [3.8, 4) is 22.1 Å². The van der Waals surface area contributed by atoms with Crippen LogP contribution in [0.4, 0.5) is 0 Å². The third-order valence-corrected chi connectivity index (χ3v) is 5.50. The molecule has 2 heterocycles. The maximum absolute atomic E-state index is 12.4. The molecule has 0 aliphatic carbocycles. The van der Waals surface area contributed by atoms with Crippen LogP contribution in [0.5, 0.6) is 11.5 Å². The Bertz CT molecular complexity index is 923. The van der Waals surface area contributed by atoms with E-state index in [0.29, 0.717) is 46.5 Å². The number of benzene rings is 1.